The zero-order chi connectivity index (χ0) is 12.4. The minimum Gasteiger partial charge on any atom is -0.294 e. The molecule has 0 amide bonds. The molecule has 0 bridgehead atoms. The number of hydrogen-bond acceptors (Lipinski definition) is 5. The van der Waals surface area contributed by atoms with Crippen LogP contribution in [0.1, 0.15) is 35.3 Å². The van der Waals surface area contributed by atoms with Gasteiger partial charge in [-0.3, -0.25) is 9.78 Å². The highest BCUT2D eigenvalue weighted by Crippen LogP contribution is 2.20. The van der Waals surface area contributed by atoms with Crippen molar-refractivity contribution in [1.29, 1.82) is 0 Å². The first-order valence-corrected chi connectivity index (χ1v) is 6.00. The van der Waals surface area contributed by atoms with Crippen LogP contribution in [0.25, 0.3) is 11.5 Å². The van der Waals surface area contributed by atoms with Gasteiger partial charge in [0.15, 0.2) is 11.6 Å². The average molecular weight is 240 g/mol. The van der Waals surface area contributed by atoms with Crippen LogP contribution in [0.15, 0.2) is 24.8 Å². The monoisotopic (exact) mass is 240 g/mol. The molecule has 5 nitrogen and oxygen atoms in total. The predicted octanol–water partition coefficient (Wildman–Crippen LogP) is 1.84. The second kappa shape index (κ2) is 4.60. The third-order valence-electron chi connectivity index (χ3n) is 3.03. The molecule has 1 aliphatic rings. The van der Waals surface area contributed by atoms with E-state index in [-0.39, 0.29) is 5.78 Å². The number of fused-ring (bicyclic) bond motifs is 1. The lowest BCUT2D eigenvalue weighted by Gasteiger charge is -2.05. The van der Waals surface area contributed by atoms with Crippen LogP contribution in [0.5, 0.6) is 0 Å². The van der Waals surface area contributed by atoms with E-state index in [2.05, 4.69) is 19.9 Å². The van der Waals surface area contributed by atoms with Gasteiger partial charge >= 0.3 is 0 Å². The van der Waals surface area contributed by atoms with E-state index >= 15 is 0 Å². The number of nitrogens with zero attached hydrogens (tertiary/aromatic N) is 4. The quantitative estimate of drug-likeness (QED) is 0.711. The summed E-state index contributed by atoms with van der Waals surface area (Å²) in [4.78, 5) is 28.7. The number of ketones is 1. The molecule has 0 aliphatic heterocycles. The molecule has 0 unspecified atom stereocenters. The first-order valence-electron chi connectivity index (χ1n) is 6.00. The fourth-order valence-electron chi connectivity index (χ4n) is 2.09. The average Bonchev–Trinajstić information content (AvgIpc) is 2.61. The molecule has 2 aromatic heterocycles. The predicted molar refractivity (Wildman–Crippen MR) is 64.9 cm³/mol. The Hall–Kier alpha value is -2.17. The molecule has 0 N–H and O–H groups in total. The summed E-state index contributed by atoms with van der Waals surface area (Å²) in [6.45, 7) is 0. The molecule has 18 heavy (non-hydrogen) atoms. The number of Topliss-reactive ketones (excluding diaryl/α,β-unsaturated/α-hetero) is 1. The Bertz CT molecular complexity index is 583. The number of aryl methyl sites for hydroxylation is 1. The van der Waals surface area contributed by atoms with Crippen molar-refractivity contribution in [3.05, 3.63) is 36.0 Å². The van der Waals surface area contributed by atoms with Crippen molar-refractivity contribution in [2.24, 2.45) is 0 Å². The van der Waals surface area contributed by atoms with Gasteiger partial charge in [0.25, 0.3) is 0 Å². The summed E-state index contributed by atoms with van der Waals surface area (Å²) < 4.78 is 0. The van der Waals surface area contributed by atoms with Gasteiger partial charge in [0, 0.05) is 25.0 Å². The lowest BCUT2D eigenvalue weighted by molar-refractivity contribution is 0.0981. The van der Waals surface area contributed by atoms with Crippen LogP contribution in [-0.2, 0) is 6.42 Å². The van der Waals surface area contributed by atoms with E-state index in [4.69, 9.17) is 0 Å². The molecular formula is C13H12N4O. The lowest BCUT2D eigenvalue weighted by atomic mass is 10.1. The van der Waals surface area contributed by atoms with Gasteiger partial charge in [0.1, 0.15) is 5.69 Å². The molecular weight excluding hydrogens is 228 g/mol. The number of aromatic nitrogens is 4. The summed E-state index contributed by atoms with van der Waals surface area (Å²) in [5, 5.41) is 0. The fourth-order valence-corrected chi connectivity index (χ4v) is 2.09. The van der Waals surface area contributed by atoms with Crippen molar-refractivity contribution in [3.8, 4) is 11.5 Å². The maximum atomic E-state index is 11.8. The molecule has 0 fully saturated rings. The van der Waals surface area contributed by atoms with Crippen LogP contribution in [0.4, 0.5) is 0 Å². The van der Waals surface area contributed by atoms with Crippen molar-refractivity contribution in [1.82, 2.24) is 19.9 Å². The van der Waals surface area contributed by atoms with Gasteiger partial charge in [-0.25, -0.2) is 15.0 Å². The molecule has 0 saturated heterocycles. The Kier molecular flexibility index (Phi) is 2.80. The van der Waals surface area contributed by atoms with E-state index in [0.717, 1.165) is 25.0 Å². The van der Waals surface area contributed by atoms with Gasteiger partial charge in [-0.1, -0.05) is 0 Å². The van der Waals surface area contributed by atoms with Crippen molar-refractivity contribution in [2.75, 3.05) is 0 Å². The third kappa shape index (κ3) is 1.99. The SMILES string of the molecule is O=C1CCCCc2nc(-c3cnccn3)ncc21. The minimum absolute atomic E-state index is 0.146. The van der Waals surface area contributed by atoms with E-state index < -0.39 is 0 Å². The Morgan fingerprint density at radius 3 is 2.72 bits per heavy atom. The van der Waals surface area contributed by atoms with Crippen LogP contribution in [0.2, 0.25) is 0 Å². The number of carbonyl (C=O) groups is 1. The molecule has 90 valence electrons. The smallest absolute Gasteiger partial charge is 0.180 e. The Morgan fingerprint density at radius 1 is 1.00 bits per heavy atom. The zero-order valence-corrected chi connectivity index (χ0v) is 9.83. The zero-order valence-electron chi connectivity index (χ0n) is 9.83. The molecule has 0 radical (unpaired) electrons. The number of rotatable bonds is 1. The molecule has 2 aromatic rings. The van der Waals surface area contributed by atoms with Gasteiger partial charge in [0.2, 0.25) is 0 Å². The maximum Gasteiger partial charge on any atom is 0.180 e. The summed E-state index contributed by atoms with van der Waals surface area (Å²) in [5.41, 5.74) is 2.14. The molecule has 0 spiro atoms. The highest BCUT2D eigenvalue weighted by Gasteiger charge is 2.18. The van der Waals surface area contributed by atoms with E-state index in [1.807, 2.05) is 0 Å². The molecule has 5 heteroatoms. The normalized spacial score (nSPS) is 15.0. The second-order valence-corrected chi connectivity index (χ2v) is 4.27. The van der Waals surface area contributed by atoms with Crippen molar-refractivity contribution < 1.29 is 4.79 Å². The van der Waals surface area contributed by atoms with Crippen LogP contribution >= 0.6 is 0 Å². The fraction of sp³-hybridized carbons (Fsp3) is 0.308. The molecule has 0 aromatic carbocycles. The van der Waals surface area contributed by atoms with E-state index in [1.54, 1.807) is 24.8 Å². The number of carbonyl (C=O) groups excluding carboxylic acids is 1. The van der Waals surface area contributed by atoms with Crippen LogP contribution in [0, 0.1) is 0 Å². The Morgan fingerprint density at radius 2 is 1.89 bits per heavy atom. The standard InChI is InChI=1S/C13H12N4O/c18-12-4-2-1-3-10-9(12)7-16-13(17-10)11-8-14-5-6-15-11/h5-8H,1-4H2. The molecule has 1 aliphatic carbocycles. The van der Waals surface area contributed by atoms with Crippen molar-refractivity contribution in [2.45, 2.75) is 25.7 Å². The van der Waals surface area contributed by atoms with Gasteiger partial charge in [-0.2, -0.15) is 0 Å². The third-order valence-corrected chi connectivity index (χ3v) is 3.03. The molecule has 0 atom stereocenters. The highest BCUT2D eigenvalue weighted by atomic mass is 16.1. The summed E-state index contributed by atoms with van der Waals surface area (Å²) >= 11 is 0. The van der Waals surface area contributed by atoms with E-state index in [1.165, 1.54) is 0 Å². The number of hydrogen-bond donors (Lipinski definition) is 0. The Labute approximate surface area is 104 Å². The largest absolute Gasteiger partial charge is 0.294 e. The maximum absolute atomic E-state index is 11.8. The van der Waals surface area contributed by atoms with Crippen molar-refractivity contribution >= 4 is 5.78 Å². The van der Waals surface area contributed by atoms with Gasteiger partial charge < -0.3 is 0 Å². The highest BCUT2D eigenvalue weighted by molar-refractivity contribution is 5.97. The topological polar surface area (TPSA) is 68.6 Å². The van der Waals surface area contributed by atoms with Crippen LogP contribution < -0.4 is 0 Å². The summed E-state index contributed by atoms with van der Waals surface area (Å²) in [7, 11) is 0. The van der Waals surface area contributed by atoms with Crippen molar-refractivity contribution in [3.63, 3.8) is 0 Å². The Balaban J connectivity index is 2.06. The van der Waals surface area contributed by atoms with E-state index in [9.17, 15) is 4.79 Å². The van der Waals surface area contributed by atoms with Gasteiger partial charge in [-0.05, 0) is 19.3 Å². The van der Waals surface area contributed by atoms with Gasteiger partial charge in [0.05, 0.1) is 17.5 Å². The van der Waals surface area contributed by atoms with Gasteiger partial charge in [-0.15, -0.1) is 0 Å². The minimum atomic E-state index is 0.146. The van der Waals surface area contributed by atoms with Crippen LogP contribution in [0.3, 0.4) is 0 Å². The summed E-state index contributed by atoms with van der Waals surface area (Å²) in [6.07, 6.45) is 9.81. The van der Waals surface area contributed by atoms with Crippen LogP contribution in [-0.4, -0.2) is 25.7 Å². The summed E-state index contributed by atoms with van der Waals surface area (Å²) in [6, 6.07) is 0. The van der Waals surface area contributed by atoms with E-state index in [0.29, 0.717) is 23.5 Å². The first-order chi connectivity index (χ1) is 8.84. The molecule has 2 heterocycles. The molecule has 3 rings (SSSR count). The lowest BCUT2D eigenvalue weighted by Crippen LogP contribution is -2.05. The molecule has 0 saturated carbocycles. The first kappa shape index (κ1) is 11.0. The summed E-state index contributed by atoms with van der Waals surface area (Å²) in [5.74, 6) is 0.685. The second-order valence-electron chi connectivity index (χ2n) is 4.27.